The average molecular weight is 438 g/mol. The van der Waals surface area contributed by atoms with Crippen LogP contribution in [0.5, 0.6) is 0 Å². The van der Waals surface area contributed by atoms with E-state index in [0.29, 0.717) is 6.54 Å². The Morgan fingerprint density at radius 2 is 2.18 bits per heavy atom. The molecule has 1 amide bonds. The van der Waals surface area contributed by atoms with Gasteiger partial charge in [0.1, 0.15) is 0 Å². The van der Waals surface area contributed by atoms with Crippen molar-refractivity contribution in [3.05, 3.63) is 28.3 Å². The summed E-state index contributed by atoms with van der Waals surface area (Å²) < 4.78 is 5.11. The SMILES string of the molecule is CO[C@@H]1CNCC[C@@H]1NC(=O)c1cc(Cl)c(N)cc1C(=O)I. The van der Waals surface area contributed by atoms with E-state index in [4.69, 9.17) is 22.1 Å². The summed E-state index contributed by atoms with van der Waals surface area (Å²) >= 11 is 7.61. The van der Waals surface area contributed by atoms with Gasteiger partial charge in [0.2, 0.25) is 3.79 Å². The number of piperidine rings is 1. The molecule has 0 aromatic heterocycles. The summed E-state index contributed by atoms with van der Waals surface area (Å²) in [6, 6.07) is 2.75. The Balaban J connectivity index is 2.25. The van der Waals surface area contributed by atoms with Crippen molar-refractivity contribution in [2.75, 3.05) is 25.9 Å². The molecule has 1 fully saturated rings. The Labute approximate surface area is 147 Å². The smallest absolute Gasteiger partial charge is 0.252 e. The normalized spacial score (nSPS) is 21.4. The molecule has 0 unspecified atom stereocenters. The Hall–Kier alpha value is -0.900. The number of nitrogens with one attached hydrogen (secondary N) is 2. The first-order chi connectivity index (χ1) is 10.4. The van der Waals surface area contributed by atoms with Crippen molar-refractivity contribution in [1.82, 2.24) is 10.6 Å². The second-order valence-corrected chi connectivity index (χ2v) is 6.43. The van der Waals surface area contributed by atoms with Gasteiger partial charge < -0.3 is 21.1 Å². The largest absolute Gasteiger partial charge is 0.398 e. The monoisotopic (exact) mass is 437 g/mol. The van der Waals surface area contributed by atoms with Crippen molar-refractivity contribution < 1.29 is 14.3 Å². The highest BCUT2D eigenvalue weighted by atomic mass is 127. The lowest BCUT2D eigenvalue weighted by Crippen LogP contribution is -2.53. The molecule has 1 aliphatic heterocycles. The average Bonchev–Trinajstić information content (AvgIpc) is 2.49. The molecule has 1 saturated heterocycles. The molecule has 1 aliphatic rings. The van der Waals surface area contributed by atoms with Gasteiger partial charge in [-0.1, -0.05) is 11.6 Å². The maximum absolute atomic E-state index is 12.5. The zero-order valence-electron chi connectivity index (χ0n) is 12.0. The fraction of sp³-hybridized carbons (Fsp3) is 0.429. The van der Waals surface area contributed by atoms with E-state index < -0.39 is 0 Å². The molecule has 120 valence electrons. The van der Waals surface area contributed by atoms with Crippen LogP contribution in [0.3, 0.4) is 0 Å². The standard InChI is InChI=1S/C14H17ClIN3O3/c1-22-12-6-18-3-2-11(12)19-14(21)8-4-9(15)10(17)5-7(8)13(16)20/h4-5,11-12,18H,2-3,6,17H2,1H3,(H,19,21)/t11-,12+/m0/s1. The summed E-state index contributed by atoms with van der Waals surface area (Å²) in [7, 11) is 1.61. The molecular formula is C14H17ClIN3O3. The number of carbonyl (C=O) groups is 2. The summed E-state index contributed by atoms with van der Waals surface area (Å²) in [6.45, 7) is 1.47. The highest BCUT2D eigenvalue weighted by Crippen LogP contribution is 2.25. The number of anilines is 1. The van der Waals surface area contributed by atoms with Gasteiger partial charge in [-0.15, -0.1) is 0 Å². The third-order valence-electron chi connectivity index (χ3n) is 3.64. The minimum Gasteiger partial charge on any atom is -0.398 e. The van der Waals surface area contributed by atoms with Crippen molar-refractivity contribution in [3.63, 3.8) is 0 Å². The molecule has 0 saturated carbocycles. The summed E-state index contributed by atoms with van der Waals surface area (Å²) in [4.78, 5) is 24.2. The first-order valence-corrected chi connectivity index (χ1v) is 8.23. The van der Waals surface area contributed by atoms with Gasteiger partial charge in [0, 0.05) is 41.8 Å². The van der Waals surface area contributed by atoms with E-state index >= 15 is 0 Å². The summed E-state index contributed by atoms with van der Waals surface area (Å²) in [6.07, 6.45) is 0.640. The van der Waals surface area contributed by atoms with Crippen LogP contribution in [0.15, 0.2) is 12.1 Å². The van der Waals surface area contributed by atoms with E-state index in [-0.39, 0.29) is 43.7 Å². The van der Waals surface area contributed by atoms with Crippen LogP contribution in [0, 0.1) is 0 Å². The van der Waals surface area contributed by atoms with Crippen molar-refractivity contribution >= 4 is 49.6 Å². The van der Waals surface area contributed by atoms with Gasteiger partial charge in [-0.25, -0.2) is 0 Å². The van der Waals surface area contributed by atoms with Gasteiger partial charge >= 0.3 is 0 Å². The van der Waals surface area contributed by atoms with Crippen molar-refractivity contribution in [1.29, 1.82) is 0 Å². The molecule has 0 radical (unpaired) electrons. The lowest BCUT2D eigenvalue weighted by molar-refractivity contribution is 0.0476. The van der Waals surface area contributed by atoms with Gasteiger partial charge in [0.25, 0.3) is 5.91 Å². The van der Waals surface area contributed by atoms with Crippen LogP contribution < -0.4 is 16.4 Å². The number of hydrogen-bond donors (Lipinski definition) is 3. The number of rotatable bonds is 4. The number of amides is 1. The second kappa shape index (κ2) is 7.58. The Morgan fingerprint density at radius 1 is 1.45 bits per heavy atom. The van der Waals surface area contributed by atoms with Crippen LogP contribution in [-0.4, -0.2) is 42.0 Å². The zero-order valence-corrected chi connectivity index (χ0v) is 14.9. The maximum atomic E-state index is 12.5. The van der Waals surface area contributed by atoms with E-state index in [1.165, 1.54) is 12.1 Å². The quantitative estimate of drug-likeness (QED) is 0.378. The number of methoxy groups -OCH3 is 1. The number of halogens is 2. The predicted octanol–water partition coefficient (Wildman–Crippen LogP) is 1.60. The Bertz CT molecular complexity index is 597. The highest BCUT2D eigenvalue weighted by molar-refractivity contribution is 14.1. The number of ether oxygens (including phenoxy) is 1. The summed E-state index contributed by atoms with van der Waals surface area (Å²) in [5.41, 5.74) is 6.46. The molecule has 0 aliphatic carbocycles. The minimum atomic E-state index is -0.351. The van der Waals surface area contributed by atoms with Gasteiger partial charge in [-0.05, 0) is 25.1 Å². The number of hydrogen-bond acceptors (Lipinski definition) is 5. The molecule has 0 spiro atoms. The first-order valence-electron chi connectivity index (χ1n) is 6.77. The lowest BCUT2D eigenvalue weighted by Gasteiger charge is -2.31. The van der Waals surface area contributed by atoms with Crippen LogP contribution in [-0.2, 0) is 4.74 Å². The molecule has 2 atom stereocenters. The van der Waals surface area contributed by atoms with Crippen LogP contribution in [0.25, 0.3) is 0 Å². The van der Waals surface area contributed by atoms with E-state index in [1.807, 2.05) is 0 Å². The summed E-state index contributed by atoms with van der Waals surface area (Å²) in [5.74, 6) is -0.351. The fourth-order valence-electron chi connectivity index (χ4n) is 2.43. The number of nitrogens with two attached hydrogens (primary N) is 1. The van der Waals surface area contributed by atoms with Crippen LogP contribution >= 0.6 is 34.2 Å². The molecule has 4 N–H and O–H groups in total. The van der Waals surface area contributed by atoms with E-state index in [9.17, 15) is 9.59 Å². The number of benzene rings is 1. The van der Waals surface area contributed by atoms with E-state index in [2.05, 4.69) is 10.6 Å². The molecule has 1 aromatic rings. The molecule has 8 heteroatoms. The third-order valence-corrected chi connectivity index (χ3v) is 4.55. The number of nitrogen functional groups attached to an aromatic ring is 1. The molecule has 6 nitrogen and oxygen atoms in total. The van der Waals surface area contributed by atoms with E-state index in [1.54, 1.807) is 29.7 Å². The van der Waals surface area contributed by atoms with Crippen molar-refractivity contribution in [2.45, 2.75) is 18.6 Å². The number of carbonyl (C=O) groups excluding carboxylic acids is 2. The molecule has 1 heterocycles. The van der Waals surface area contributed by atoms with Crippen LogP contribution in [0.1, 0.15) is 27.1 Å². The first kappa shape index (κ1) is 17.5. The van der Waals surface area contributed by atoms with E-state index in [0.717, 1.165) is 13.0 Å². The molecule has 22 heavy (non-hydrogen) atoms. The molecule has 1 aromatic carbocycles. The van der Waals surface area contributed by atoms with Gasteiger partial charge in [0.05, 0.1) is 28.4 Å². The van der Waals surface area contributed by atoms with Gasteiger partial charge in [-0.2, -0.15) is 0 Å². The van der Waals surface area contributed by atoms with Gasteiger partial charge in [-0.3, -0.25) is 9.59 Å². The molecule has 0 bridgehead atoms. The van der Waals surface area contributed by atoms with Gasteiger partial charge in [0.15, 0.2) is 0 Å². The Morgan fingerprint density at radius 3 is 2.82 bits per heavy atom. The second-order valence-electron chi connectivity index (χ2n) is 5.04. The molecular weight excluding hydrogens is 421 g/mol. The fourth-order valence-corrected chi connectivity index (χ4v) is 3.04. The van der Waals surface area contributed by atoms with Crippen molar-refractivity contribution in [2.24, 2.45) is 0 Å². The van der Waals surface area contributed by atoms with Crippen LogP contribution in [0.4, 0.5) is 5.69 Å². The van der Waals surface area contributed by atoms with Crippen molar-refractivity contribution in [3.8, 4) is 0 Å². The highest BCUT2D eigenvalue weighted by Gasteiger charge is 2.28. The summed E-state index contributed by atoms with van der Waals surface area (Å²) in [5, 5.41) is 6.37. The lowest BCUT2D eigenvalue weighted by atomic mass is 10.0. The minimum absolute atomic E-state index is 0.110. The maximum Gasteiger partial charge on any atom is 0.252 e. The predicted molar refractivity (Wildman–Crippen MR) is 93.8 cm³/mol. The zero-order chi connectivity index (χ0) is 16.3. The Kier molecular flexibility index (Phi) is 6.01. The third kappa shape index (κ3) is 3.89. The molecule has 2 rings (SSSR count). The topological polar surface area (TPSA) is 93.4 Å². The van der Waals surface area contributed by atoms with Crippen LogP contribution in [0.2, 0.25) is 5.02 Å².